The van der Waals surface area contributed by atoms with Crippen molar-refractivity contribution in [3.8, 4) is 0 Å². The zero-order chi connectivity index (χ0) is 19.7. The van der Waals surface area contributed by atoms with Crippen LogP contribution >= 0.6 is 0 Å². The Labute approximate surface area is 164 Å². The van der Waals surface area contributed by atoms with Crippen molar-refractivity contribution in [2.45, 2.75) is 72.6 Å². The van der Waals surface area contributed by atoms with Crippen LogP contribution in [0.25, 0.3) is 27.1 Å². The Morgan fingerprint density at radius 3 is 1.63 bits per heavy atom. The van der Waals surface area contributed by atoms with Gasteiger partial charge in [0.05, 0.1) is 0 Å². The highest BCUT2D eigenvalue weighted by Crippen LogP contribution is 2.46. The second-order valence-electron chi connectivity index (χ2n) is 10.4. The molecule has 0 saturated carbocycles. The van der Waals surface area contributed by atoms with Crippen molar-refractivity contribution in [1.82, 2.24) is 0 Å². The van der Waals surface area contributed by atoms with Gasteiger partial charge in [-0.15, -0.1) is 0 Å². The summed E-state index contributed by atoms with van der Waals surface area (Å²) in [5.41, 5.74) is 9.11. The van der Waals surface area contributed by atoms with Gasteiger partial charge in [0.25, 0.3) is 0 Å². The van der Waals surface area contributed by atoms with Crippen LogP contribution in [0.5, 0.6) is 0 Å². The van der Waals surface area contributed by atoms with E-state index in [1.54, 1.807) is 0 Å². The molecule has 3 aromatic rings. The summed E-state index contributed by atoms with van der Waals surface area (Å²) in [4.78, 5) is 0. The third kappa shape index (κ3) is 2.73. The third-order valence-electron chi connectivity index (χ3n) is 6.25. The summed E-state index contributed by atoms with van der Waals surface area (Å²) in [6.45, 7) is 18.7. The summed E-state index contributed by atoms with van der Waals surface area (Å²) >= 11 is 0. The molecule has 0 spiro atoms. The fraction of sp³-hybridized carbons (Fsp3) is 0.407. The molecular weight excluding hydrogens is 324 g/mol. The fourth-order valence-corrected chi connectivity index (χ4v) is 5.03. The van der Waals surface area contributed by atoms with Gasteiger partial charge in [-0.2, -0.15) is 0 Å². The maximum absolute atomic E-state index is 2.51. The van der Waals surface area contributed by atoms with Crippen LogP contribution in [0, 0.1) is 0 Å². The molecule has 1 aliphatic rings. The monoisotopic (exact) mass is 356 g/mol. The molecule has 4 rings (SSSR count). The summed E-state index contributed by atoms with van der Waals surface area (Å²) in [5.74, 6) is 0. The molecule has 0 atom stereocenters. The lowest BCUT2D eigenvalue weighted by molar-refractivity contribution is 0.593. The fourth-order valence-electron chi connectivity index (χ4n) is 5.03. The first-order chi connectivity index (χ1) is 12.5. The van der Waals surface area contributed by atoms with Crippen molar-refractivity contribution in [3.63, 3.8) is 0 Å². The summed E-state index contributed by atoms with van der Waals surface area (Å²) in [7, 11) is 0. The van der Waals surface area contributed by atoms with Gasteiger partial charge in [0.1, 0.15) is 0 Å². The first kappa shape index (κ1) is 18.3. The molecule has 0 nitrogen and oxygen atoms in total. The molecule has 0 heterocycles. The molecule has 0 aliphatic heterocycles. The predicted molar refractivity (Wildman–Crippen MR) is 121 cm³/mol. The second kappa shape index (κ2) is 5.71. The van der Waals surface area contributed by atoms with Crippen molar-refractivity contribution in [1.29, 1.82) is 0 Å². The molecule has 1 aliphatic carbocycles. The first-order valence-electron chi connectivity index (χ1n) is 10.2. The normalized spacial score (nSPS) is 15.1. The van der Waals surface area contributed by atoms with E-state index in [4.69, 9.17) is 0 Å². The molecule has 27 heavy (non-hydrogen) atoms. The van der Waals surface area contributed by atoms with Gasteiger partial charge in [-0.25, -0.2) is 0 Å². The van der Waals surface area contributed by atoms with Crippen LogP contribution in [0.3, 0.4) is 0 Å². The van der Waals surface area contributed by atoms with Gasteiger partial charge < -0.3 is 0 Å². The molecule has 0 N–H and O–H groups in total. The van der Waals surface area contributed by atoms with Crippen molar-refractivity contribution in [2.75, 3.05) is 0 Å². The van der Waals surface area contributed by atoms with Crippen molar-refractivity contribution in [2.24, 2.45) is 0 Å². The lowest BCUT2D eigenvalue weighted by Crippen LogP contribution is -2.18. The van der Waals surface area contributed by atoms with Crippen molar-refractivity contribution >= 4 is 27.1 Å². The summed E-state index contributed by atoms with van der Waals surface area (Å²) < 4.78 is 0. The Kier molecular flexibility index (Phi) is 3.87. The molecule has 0 fully saturated rings. The Morgan fingerprint density at radius 1 is 0.667 bits per heavy atom. The SMILES string of the molecule is CC1=C(C)c2cc3c(C(C)(C)C)c4ccccc4c(C(C)(C)C)c3cc2C1. The van der Waals surface area contributed by atoms with E-state index in [1.807, 2.05) is 0 Å². The maximum Gasteiger partial charge on any atom is -0.00577 e. The number of hydrogen-bond donors (Lipinski definition) is 0. The van der Waals surface area contributed by atoms with Crippen LogP contribution in [0.15, 0.2) is 42.0 Å². The van der Waals surface area contributed by atoms with Crippen molar-refractivity contribution in [3.05, 3.63) is 64.2 Å². The van der Waals surface area contributed by atoms with E-state index in [1.165, 1.54) is 54.9 Å². The topological polar surface area (TPSA) is 0 Å². The van der Waals surface area contributed by atoms with Gasteiger partial charge in [0.2, 0.25) is 0 Å². The highest BCUT2D eigenvalue weighted by molar-refractivity contribution is 6.08. The quantitative estimate of drug-likeness (QED) is 0.359. The number of rotatable bonds is 0. The lowest BCUT2D eigenvalue weighted by Gasteiger charge is -2.30. The summed E-state index contributed by atoms with van der Waals surface area (Å²) in [6, 6.07) is 14.0. The molecule has 0 radical (unpaired) electrons. The highest BCUT2D eigenvalue weighted by Gasteiger charge is 2.29. The minimum Gasteiger partial charge on any atom is -0.0654 e. The van der Waals surface area contributed by atoms with E-state index in [-0.39, 0.29) is 10.8 Å². The molecule has 0 bridgehead atoms. The van der Waals surface area contributed by atoms with Crippen LogP contribution in [0.1, 0.15) is 77.6 Å². The largest absolute Gasteiger partial charge is 0.0654 e. The lowest BCUT2D eigenvalue weighted by atomic mass is 9.73. The van der Waals surface area contributed by atoms with Gasteiger partial charge in [-0.05, 0) is 92.6 Å². The number of hydrogen-bond acceptors (Lipinski definition) is 0. The average Bonchev–Trinajstić information content (AvgIpc) is 2.82. The van der Waals surface area contributed by atoms with Gasteiger partial charge in [0.15, 0.2) is 0 Å². The Morgan fingerprint density at radius 2 is 1.15 bits per heavy atom. The van der Waals surface area contributed by atoms with E-state index >= 15 is 0 Å². The Bertz CT molecular complexity index is 1110. The molecule has 0 amide bonds. The predicted octanol–water partition coefficient (Wildman–Crippen LogP) is 7.94. The van der Waals surface area contributed by atoms with Crippen molar-refractivity contribution < 1.29 is 0 Å². The van der Waals surface area contributed by atoms with Gasteiger partial charge in [-0.1, -0.05) is 71.4 Å². The number of benzene rings is 3. The molecule has 0 aromatic heterocycles. The Hall–Kier alpha value is -2.08. The minimum absolute atomic E-state index is 0.0910. The molecule has 0 saturated heterocycles. The standard InChI is InChI=1S/C27H32/c1-16-13-18-14-22-23(15-21(18)17(16)2)25(27(6,7)8)20-12-10-9-11-19(20)24(22)26(3,4)5/h9-12,14-15H,13H2,1-8H3. The van der Waals surface area contributed by atoms with Gasteiger partial charge in [0, 0.05) is 0 Å². The van der Waals surface area contributed by atoms with E-state index < -0.39 is 0 Å². The van der Waals surface area contributed by atoms with Crippen LogP contribution in [0.2, 0.25) is 0 Å². The first-order valence-corrected chi connectivity index (χ1v) is 10.2. The number of allylic oxidation sites excluding steroid dienone is 2. The summed E-state index contributed by atoms with van der Waals surface area (Å²) in [6.07, 6.45) is 1.10. The van der Waals surface area contributed by atoms with E-state index in [0.29, 0.717) is 0 Å². The molecule has 0 unspecified atom stereocenters. The zero-order valence-electron chi connectivity index (χ0n) is 18.2. The van der Waals surface area contributed by atoms with E-state index in [2.05, 4.69) is 91.8 Å². The molecule has 0 heteroatoms. The van der Waals surface area contributed by atoms with Crippen LogP contribution in [-0.4, -0.2) is 0 Å². The molecule has 3 aromatic carbocycles. The highest BCUT2D eigenvalue weighted by atomic mass is 14.3. The average molecular weight is 357 g/mol. The smallest absolute Gasteiger partial charge is 0.00577 e. The Balaban J connectivity index is 2.30. The summed E-state index contributed by atoms with van der Waals surface area (Å²) in [5, 5.41) is 5.73. The molecular formula is C27H32. The van der Waals surface area contributed by atoms with Gasteiger partial charge >= 0.3 is 0 Å². The molecule has 140 valence electrons. The van der Waals surface area contributed by atoms with E-state index in [9.17, 15) is 0 Å². The second-order valence-corrected chi connectivity index (χ2v) is 10.4. The van der Waals surface area contributed by atoms with Crippen LogP contribution in [-0.2, 0) is 17.3 Å². The zero-order valence-corrected chi connectivity index (χ0v) is 18.2. The van der Waals surface area contributed by atoms with E-state index in [0.717, 1.165) is 6.42 Å². The van der Waals surface area contributed by atoms with Crippen LogP contribution in [0.4, 0.5) is 0 Å². The van der Waals surface area contributed by atoms with Crippen LogP contribution < -0.4 is 0 Å². The maximum atomic E-state index is 2.51. The number of fused-ring (bicyclic) bond motifs is 3. The third-order valence-corrected chi connectivity index (χ3v) is 6.25. The minimum atomic E-state index is 0.0910. The van der Waals surface area contributed by atoms with Gasteiger partial charge in [-0.3, -0.25) is 0 Å².